The van der Waals surface area contributed by atoms with Gasteiger partial charge in [0.2, 0.25) is 0 Å². The number of hydrogen-bond donors (Lipinski definition) is 1. The number of halogens is 1. The summed E-state index contributed by atoms with van der Waals surface area (Å²) in [5, 5.41) is 11.7. The van der Waals surface area contributed by atoms with Gasteiger partial charge in [0.05, 0.1) is 0 Å². The van der Waals surface area contributed by atoms with E-state index < -0.39 is 0 Å². The molecule has 1 heterocycles. The molecule has 1 aromatic heterocycles. The number of aryl methyl sites for hydroxylation is 1. The van der Waals surface area contributed by atoms with E-state index in [0.717, 1.165) is 16.3 Å². The third kappa shape index (κ3) is 3.61. The van der Waals surface area contributed by atoms with Crippen LogP contribution in [0, 0.1) is 0 Å². The molecule has 0 bridgehead atoms. The van der Waals surface area contributed by atoms with Crippen LogP contribution in [0.1, 0.15) is 11.1 Å². The standard InChI is InChI=1S/C18H15NO.HI/c1-19-11-9-14(10-12-19)5-6-15-3-2-4-16-13-17(20)7-8-18(15)16;/h2-13H,1H3;1H. The van der Waals surface area contributed by atoms with E-state index in [9.17, 15) is 5.11 Å². The Kier molecular flexibility index (Phi) is 4.96. The molecule has 0 fully saturated rings. The molecule has 0 aliphatic heterocycles. The second kappa shape index (κ2) is 6.72. The SMILES string of the molecule is C[n+]1ccc(C=Cc2cccc3cc(O)ccc23)cc1.[I-]. The smallest absolute Gasteiger partial charge is 0.169 e. The Hall–Kier alpha value is -1.88. The first-order valence-corrected chi connectivity index (χ1v) is 6.57. The van der Waals surface area contributed by atoms with Gasteiger partial charge in [-0.3, -0.25) is 0 Å². The summed E-state index contributed by atoms with van der Waals surface area (Å²) >= 11 is 0. The number of aromatic hydroxyl groups is 1. The lowest BCUT2D eigenvalue weighted by atomic mass is 10.0. The molecule has 3 aromatic rings. The second-order valence-electron chi connectivity index (χ2n) is 4.88. The number of aromatic nitrogens is 1. The van der Waals surface area contributed by atoms with Crippen LogP contribution >= 0.6 is 0 Å². The maximum absolute atomic E-state index is 9.53. The van der Waals surface area contributed by atoms with Crippen molar-refractivity contribution in [2.45, 2.75) is 0 Å². The Labute approximate surface area is 141 Å². The molecule has 3 heteroatoms. The first-order chi connectivity index (χ1) is 9.72. The minimum atomic E-state index is 0. The quantitative estimate of drug-likeness (QED) is 0.503. The molecule has 1 N–H and O–H groups in total. The molecule has 21 heavy (non-hydrogen) atoms. The molecule has 106 valence electrons. The second-order valence-corrected chi connectivity index (χ2v) is 4.88. The molecule has 0 saturated carbocycles. The van der Waals surface area contributed by atoms with Crippen molar-refractivity contribution in [1.29, 1.82) is 0 Å². The Bertz CT molecular complexity index is 779. The van der Waals surface area contributed by atoms with Crippen LogP contribution in [0.2, 0.25) is 0 Å². The number of hydrogen-bond acceptors (Lipinski definition) is 1. The molecule has 2 nitrogen and oxygen atoms in total. The Morgan fingerprint density at radius 2 is 1.71 bits per heavy atom. The average Bonchev–Trinajstić information content (AvgIpc) is 2.46. The van der Waals surface area contributed by atoms with Crippen LogP contribution in [0.4, 0.5) is 0 Å². The van der Waals surface area contributed by atoms with E-state index in [1.807, 2.05) is 42.2 Å². The van der Waals surface area contributed by atoms with E-state index in [4.69, 9.17) is 0 Å². The first-order valence-electron chi connectivity index (χ1n) is 6.57. The van der Waals surface area contributed by atoms with Crippen molar-refractivity contribution in [1.82, 2.24) is 0 Å². The summed E-state index contributed by atoms with van der Waals surface area (Å²) in [6.07, 6.45) is 8.26. The number of pyridine rings is 1. The lowest BCUT2D eigenvalue weighted by Crippen LogP contribution is -3.00. The highest BCUT2D eigenvalue weighted by Crippen LogP contribution is 2.24. The molecule has 0 atom stereocenters. The predicted molar refractivity (Wildman–Crippen MR) is 82.2 cm³/mol. The third-order valence-corrected chi connectivity index (χ3v) is 3.36. The van der Waals surface area contributed by atoms with E-state index in [2.05, 4.69) is 30.4 Å². The van der Waals surface area contributed by atoms with Crippen molar-refractivity contribution < 1.29 is 33.7 Å². The zero-order chi connectivity index (χ0) is 13.9. The molecule has 0 spiro atoms. The molecule has 0 amide bonds. The molecule has 0 aliphatic rings. The van der Waals surface area contributed by atoms with E-state index in [-0.39, 0.29) is 24.0 Å². The molecule has 0 radical (unpaired) electrons. The van der Waals surface area contributed by atoms with E-state index >= 15 is 0 Å². The summed E-state index contributed by atoms with van der Waals surface area (Å²) in [7, 11) is 2.00. The molecular weight excluding hydrogens is 373 g/mol. The van der Waals surface area contributed by atoms with E-state index in [1.54, 1.807) is 12.1 Å². The number of phenolic OH excluding ortho intramolecular Hbond substituents is 1. The molecule has 3 rings (SSSR count). The van der Waals surface area contributed by atoms with Gasteiger partial charge in [-0.1, -0.05) is 36.4 Å². The summed E-state index contributed by atoms with van der Waals surface area (Å²) < 4.78 is 2.01. The molecule has 0 aliphatic carbocycles. The number of benzene rings is 2. The van der Waals surface area contributed by atoms with Gasteiger partial charge in [0.15, 0.2) is 12.4 Å². The van der Waals surface area contributed by atoms with Crippen LogP contribution in [0.25, 0.3) is 22.9 Å². The number of rotatable bonds is 2. The maximum Gasteiger partial charge on any atom is 0.169 e. The van der Waals surface area contributed by atoms with Gasteiger partial charge in [0.1, 0.15) is 12.8 Å². The maximum atomic E-state index is 9.53. The van der Waals surface area contributed by atoms with Gasteiger partial charge in [0, 0.05) is 12.1 Å². The highest BCUT2D eigenvalue weighted by Gasteiger charge is 1.99. The lowest BCUT2D eigenvalue weighted by molar-refractivity contribution is -0.671. The molecule has 0 saturated heterocycles. The van der Waals surface area contributed by atoms with Gasteiger partial charge in [-0.25, -0.2) is 4.57 Å². The van der Waals surface area contributed by atoms with Crippen molar-refractivity contribution >= 4 is 22.9 Å². The van der Waals surface area contributed by atoms with Crippen LogP contribution in [0.3, 0.4) is 0 Å². The van der Waals surface area contributed by atoms with Gasteiger partial charge in [-0.15, -0.1) is 0 Å². The summed E-state index contributed by atoms with van der Waals surface area (Å²) in [6.45, 7) is 0. The Morgan fingerprint density at radius 1 is 0.952 bits per heavy atom. The molecular formula is C18H16INO. The van der Waals surface area contributed by atoms with Crippen molar-refractivity contribution in [2.75, 3.05) is 0 Å². The van der Waals surface area contributed by atoms with Gasteiger partial charge in [0.25, 0.3) is 0 Å². The van der Waals surface area contributed by atoms with Crippen LogP contribution in [0.15, 0.2) is 60.9 Å². The average molecular weight is 389 g/mol. The monoisotopic (exact) mass is 389 g/mol. The molecule has 0 unspecified atom stereocenters. The topological polar surface area (TPSA) is 24.1 Å². The highest BCUT2D eigenvalue weighted by molar-refractivity contribution is 5.93. The van der Waals surface area contributed by atoms with Crippen LogP contribution in [0.5, 0.6) is 5.75 Å². The largest absolute Gasteiger partial charge is 1.00 e. The normalized spacial score (nSPS) is 10.7. The minimum Gasteiger partial charge on any atom is -1.00 e. The zero-order valence-electron chi connectivity index (χ0n) is 11.7. The lowest BCUT2D eigenvalue weighted by Gasteiger charge is -2.03. The third-order valence-electron chi connectivity index (χ3n) is 3.36. The summed E-state index contributed by atoms with van der Waals surface area (Å²) in [5.74, 6) is 0.300. The number of phenols is 1. The van der Waals surface area contributed by atoms with Crippen molar-refractivity contribution in [3.8, 4) is 5.75 Å². The van der Waals surface area contributed by atoms with Gasteiger partial charge < -0.3 is 29.1 Å². The summed E-state index contributed by atoms with van der Waals surface area (Å²) in [5.41, 5.74) is 2.31. The summed E-state index contributed by atoms with van der Waals surface area (Å²) in [6, 6.07) is 15.7. The Balaban J connectivity index is 0.00000161. The van der Waals surface area contributed by atoms with Crippen molar-refractivity contribution in [2.24, 2.45) is 7.05 Å². The number of fused-ring (bicyclic) bond motifs is 1. The first kappa shape index (κ1) is 15.5. The summed E-state index contributed by atoms with van der Waals surface area (Å²) in [4.78, 5) is 0. The fraction of sp³-hybridized carbons (Fsp3) is 0.0556. The zero-order valence-corrected chi connectivity index (χ0v) is 13.9. The van der Waals surface area contributed by atoms with E-state index in [0.29, 0.717) is 5.75 Å². The fourth-order valence-corrected chi connectivity index (χ4v) is 2.25. The minimum absolute atomic E-state index is 0. The van der Waals surface area contributed by atoms with E-state index in [1.165, 1.54) is 5.56 Å². The van der Waals surface area contributed by atoms with Crippen molar-refractivity contribution in [3.05, 3.63) is 72.1 Å². The van der Waals surface area contributed by atoms with Gasteiger partial charge >= 0.3 is 0 Å². The predicted octanol–water partition coefficient (Wildman–Crippen LogP) is 0.544. The number of nitrogens with zero attached hydrogens (tertiary/aromatic N) is 1. The highest BCUT2D eigenvalue weighted by atomic mass is 127. The van der Waals surface area contributed by atoms with Gasteiger partial charge in [-0.2, -0.15) is 0 Å². The van der Waals surface area contributed by atoms with Crippen LogP contribution in [-0.4, -0.2) is 5.11 Å². The molecule has 2 aromatic carbocycles. The Morgan fingerprint density at radius 3 is 2.48 bits per heavy atom. The van der Waals surface area contributed by atoms with Crippen molar-refractivity contribution in [3.63, 3.8) is 0 Å². The van der Waals surface area contributed by atoms with Gasteiger partial charge in [-0.05, 0) is 34.0 Å². The van der Waals surface area contributed by atoms with Crippen LogP contribution in [-0.2, 0) is 7.05 Å². The van der Waals surface area contributed by atoms with Crippen LogP contribution < -0.4 is 28.5 Å². The fourth-order valence-electron chi connectivity index (χ4n) is 2.25.